The van der Waals surface area contributed by atoms with E-state index in [1.165, 1.54) is 0 Å². The summed E-state index contributed by atoms with van der Waals surface area (Å²) in [5.41, 5.74) is 2.63. The van der Waals surface area contributed by atoms with Gasteiger partial charge in [0.05, 0.1) is 12.0 Å². The van der Waals surface area contributed by atoms with E-state index in [-0.39, 0.29) is 17.7 Å². The predicted octanol–water partition coefficient (Wildman–Crippen LogP) is 1.68. The third-order valence-corrected chi connectivity index (χ3v) is 5.92. The average molecular weight is 344 g/mol. The molecule has 0 saturated carbocycles. The van der Waals surface area contributed by atoms with Crippen LogP contribution < -0.4 is 0 Å². The molecule has 25 heavy (non-hydrogen) atoms. The third-order valence-electron chi connectivity index (χ3n) is 5.92. The molecule has 1 aromatic rings. The molecule has 2 atom stereocenters. The molecule has 1 N–H and O–H groups in total. The van der Waals surface area contributed by atoms with Gasteiger partial charge in [-0.05, 0) is 37.8 Å². The molecule has 2 aliphatic heterocycles. The standard InChI is InChI=1S/C20H28N2O3/c1-14-4-5-15(2)17(10-14)11-19(24)22-9-7-20(25)6-8-21(16(3)23)12-18(20)13-22/h4-5,10,18,25H,6-9,11-13H2,1-3H3/t18-,20-/m0/s1. The van der Waals surface area contributed by atoms with Gasteiger partial charge in [0.1, 0.15) is 0 Å². The second-order valence-electron chi connectivity index (χ2n) is 7.71. The van der Waals surface area contributed by atoms with E-state index in [1.54, 1.807) is 11.8 Å². The van der Waals surface area contributed by atoms with Crippen molar-refractivity contribution in [3.05, 3.63) is 34.9 Å². The molecule has 5 nitrogen and oxygen atoms in total. The number of aryl methyl sites for hydroxylation is 2. The molecule has 0 bridgehead atoms. The van der Waals surface area contributed by atoms with Crippen LogP contribution in [-0.4, -0.2) is 58.5 Å². The topological polar surface area (TPSA) is 60.9 Å². The minimum Gasteiger partial charge on any atom is -0.389 e. The fraction of sp³-hybridized carbons (Fsp3) is 0.600. The number of carbonyl (C=O) groups excluding carboxylic acids is 2. The van der Waals surface area contributed by atoms with Crippen LogP contribution in [0.5, 0.6) is 0 Å². The Bertz CT molecular complexity index is 688. The van der Waals surface area contributed by atoms with Gasteiger partial charge in [-0.25, -0.2) is 0 Å². The highest BCUT2D eigenvalue weighted by atomic mass is 16.3. The van der Waals surface area contributed by atoms with Crippen LogP contribution in [0.3, 0.4) is 0 Å². The van der Waals surface area contributed by atoms with Crippen LogP contribution in [-0.2, 0) is 16.0 Å². The molecular formula is C20H28N2O3. The van der Waals surface area contributed by atoms with E-state index in [2.05, 4.69) is 18.2 Å². The maximum Gasteiger partial charge on any atom is 0.227 e. The fourth-order valence-corrected chi connectivity index (χ4v) is 4.08. The van der Waals surface area contributed by atoms with Crippen LogP contribution in [0.4, 0.5) is 0 Å². The average Bonchev–Trinajstić information content (AvgIpc) is 2.56. The van der Waals surface area contributed by atoms with Crippen LogP contribution in [0.1, 0.15) is 36.5 Å². The van der Waals surface area contributed by atoms with Crippen LogP contribution >= 0.6 is 0 Å². The molecule has 0 spiro atoms. The molecule has 0 aromatic heterocycles. The molecule has 2 heterocycles. The zero-order valence-corrected chi connectivity index (χ0v) is 15.4. The van der Waals surface area contributed by atoms with Gasteiger partial charge < -0.3 is 14.9 Å². The highest BCUT2D eigenvalue weighted by Gasteiger charge is 2.46. The summed E-state index contributed by atoms with van der Waals surface area (Å²) >= 11 is 0. The summed E-state index contributed by atoms with van der Waals surface area (Å²) in [6, 6.07) is 6.19. The maximum atomic E-state index is 12.8. The number of rotatable bonds is 2. The Labute approximate surface area is 149 Å². The lowest BCUT2D eigenvalue weighted by Gasteiger charge is -2.50. The second-order valence-corrected chi connectivity index (χ2v) is 7.71. The SMILES string of the molecule is CC(=O)N1CC[C@]2(O)CCN(C(=O)Cc3cc(C)ccc3C)C[C@@H]2C1. The number of aliphatic hydroxyl groups is 1. The lowest BCUT2D eigenvalue weighted by molar-refractivity contribution is -0.152. The normalized spacial score (nSPS) is 26.3. The van der Waals surface area contributed by atoms with Crippen molar-refractivity contribution in [3.8, 4) is 0 Å². The monoisotopic (exact) mass is 344 g/mol. The van der Waals surface area contributed by atoms with Gasteiger partial charge >= 0.3 is 0 Å². The van der Waals surface area contributed by atoms with E-state index in [4.69, 9.17) is 0 Å². The highest BCUT2D eigenvalue weighted by molar-refractivity contribution is 5.79. The quantitative estimate of drug-likeness (QED) is 0.888. The molecule has 2 fully saturated rings. The van der Waals surface area contributed by atoms with Crippen molar-refractivity contribution >= 4 is 11.8 Å². The van der Waals surface area contributed by atoms with Crippen molar-refractivity contribution in [1.29, 1.82) is 0 Å². The number of hydrogen-bond donors (Lipinski definition) is 1. The molecule has 2 amide bonds. The van der Waals surface area contributed by atoms with Crippen LogP contribution in [0.2, 0.25) is 0 Å². The van der Waals surface area contributed by atoms with Gasteiger partial charge in [0.2, 0.25) is 11.8 Å². The molecule has 0 unspecified atom stereocenters. The minimum atomic E-state index is -0.734. The molecule has 3 rings (SSSR count). The van der Waals surface area contributed by atoms with Crippen LogP contribution in [0.25, 0.3) is 0 Å². The second kappa shape index (κ2) is 6.79. The molecule has 0 radical (unpaired) electrons. The van der Waals surface area contributed by atoms with Gasteiger partial charge in [-0.15, -0.1) is 0 Å². The minimum absolute atomic E-state index is 0.0425. The Morgan fingerprint density at radius 2 is 1.80 bits per heavy atom. The zero-order chi connectivity index (χ0) is 18.2. The summed E-state index contributed by atoms with van der Waals surface area (Å²) in [7, 11) is 0. The summed E-state index contributed by atoms with van der Waals surface area (Å²) in [5, 5.41) is 10.9. The first-order chi connectivity index (χ1) is 11.8. The van der Waals surface area contributed by atoms with Crippen molar-refractivity contribution < 1.29 is 14.7 Å². The molecule has 1 aromatic carbocycles. The zero-order valence-electron chi connectivity index (χ0n) is 15.4. The van der Waals surface area contributed by atoms with Crippen molar-refractivity contribution in [2.45, 2.75) is 45.6 Å². The summed E-state index contributed by atoms with van der Waals surface area (Å²) < 4.78 is 0. The van der Waals surface area contributed by atoms with E-state index in [1.807, 2.05) is 18.7 Å². The van der Waals surface area contributed by atoms with E-state index in [0.29, 0.717) is 45.4 Å². The Kier molecular flexibility index (Phi) is 4.87. The molecule has 136 valence electrons. The lowest BCUT2D eigenvalue weighted by atomic mass is 9.75. The Morgan fingerprint density at radius 1 is 1.16 bits per heavy atom. The number of amides is 2. The maximum absolute atomic E-state index is 12.8. The highest BCUT2D eigenvalue weighted by Crippen LogP contribution is 2.35. The summed E-state index contributed by atoms with van der Waals surface area (Å²) in [4.78, 5) is 28.1. The van der Waals surface area contributed by atoms with E-state index in [9.17, 15) is 14.7 Å². The van der Waals surface area contributed by atoms with Gasteiger partial charge in [0, 0.05) is 39.0 Å². The molecule has 2 saturated heterocycles. The first-order valence-electron chi connectivity index (χ1n) is 9.10. The molecule has 2 aliphatic rings. The van der Waals surface area contributed by atoms with Crippen LogP contribution in [0, 0.1) is 19.8 Å². The number of piperidine rings is 2. The first kappa shape index (κ1) is 17.9. The van der Waals surface area contributed by atoms with Crippen LogP contribution in [0.15, 0.2) is 18.2 Å². The van der Waals surface area contributed by atoms with E-state index < -0.39 is 5.60 Å². The summed E-state index contributed by atoms with van der Waals surface area (Å²) in [5.74, 6) is 0.0954. The van der Waals surface area contributed by atoms with Crippen molar-refractivity contribution in [2.24, 2.45) is 5.92 Å². The number of hydrogen-bond acceptors (Lipinski definition) is 3. The largest absolute Gasteiger partial charge is 0.389 e. The van der Waals surface area contributed by atoms with Crippen molar-refractivity contribution in [2.75, 3.05) is 26.2 Å². The Balaban J connectivity index is 1.68. The third kappa shape index (κ3) is 3.71. The van der Waals surface area contributed by atoms with E-state index in [0.717, 1.165) is 16.7 Å². The van der Waals surface area contributed by atoms with Gasteiger partial charge in [0.15, 0.2) is 0 Å². The first-order valence-corrected chi connectivity index (χ1v) is 9.10. The van der Waals surface area contributed by atoms with Gasteiger partial charge in [-0.2, -0.15) is 0 Å². The number of carbonyl (C=O) groups is 2. The van der Waals surface area contributed by atoms with Crippen molar-refractivity contribution in [3.63, 3.8) is 0 Å². The number of nitrogens with zero attached hydrogens (tertiary/aromatic N) is 2. The number of fused-ring (bicyclic) bond motifs is 1. The number of likely N-dealkylation sites (tertiary alicyclic amines) is 2. The molecular weight excluding hydrogens is 316 g/mol. The van der Waals surface area contributed by atoms with Gasteiger partial charge in [-0.1, -0.05) is 23.8 Å². The smallest absolute Gasteiger partial charge is 0.227 e. The summed E-state index contributed by atoms with van der Waals surface area (Å²) in [6.07, 6.45) is 1.60. The number of benzene rings is 1. The fourth-order valence-electron chi connectivity index (χ4n) is 4.08. The molecule has 5 heteroatoms. The van der Waals surface area contributed by atoms with Gasteiger partial charge in [0.25, 0.3) is 0 Å². The van der Waals surface area contributed by atoms with E-state index >= 15 is 0 Å². The Morgan fingerprint density at radius 3 is 2.48 bits per heavy atom. The Hall–Kier alpha value is -1.88. The lowest BCUT2D eigenvalue weighted by Crippen LogP contribution is -2.61. The van der Waals surface area contributed by atoms with Gasteiger partial charge in [-0.3, -0.25) is 9.59 Å². The van der Waals surface area contributed by atoms with Crippen molar-refractivity contribution in [1.82, 2.24) is 9.80 Å². The summed E-state index contributed by atoms with van der Waals surface area (Å²) in [6.45, 7) is 7.91. The molecule has 0 aliphatic carbocycles. The predicted molar refractivity (Wildman–Crippen MR) is 96.1 cm³/mol.